The smallest absolute Gasteiger partial charge is 0.143 e. The maximum absolute atomic E-state index is 6.64. The summed E-state index contributed by atoms with van der Waals surface area (Å²) in [7, 11) is 0. The third-order valence-electron chi connectivity index (χ3n) is 12.2. The fraction of sp³-hybridized carbons (Fsp3) is 0.0588. The Labute approximate surface area is 306 Å². The summed E-state index contributed by atoms with van der Waals surface area (Å²) >= 11 is 0. The van der Waals surface area contributed by atoms with Gasteiger partial charge < -0.3 is 8.98 Å². The molecule has 2 heterocycles. The van der Waals surface area contributed by atoms with Crippen molar-refractivity contribution in [1.29, 1.82) is 0 Å². The SMILES string of the molecule is CC1(C)c2cc3c(cc2-c2c1ccc1c2oc2ccccc21)c1ccccc1n3-c1cccc(-c2ccc3c4ccccc4c4ccccc4c3c2)c1. The highest BCUT2D eigenvalue weighted by atomic mass is 16.3. The molecule has 0 amide bonds. The number of nitrogens with zero attached hydrogens (tertiary/aromatic N) is 1. The molecule has 0 fully saturated rings. The molecular weight excluding hydrogens is 643 g/mol. The van der Waals surface area contributed by atoms with Crippen LogP contribution in [0.4, 0.5) is 0 Å². The first-order valence-electron chi connectivity index (χ1n) is 18.5. The van der Waals surface area contributed by atoms with Crippen molar-refractivity contribution in [3.63, 3.8) is 0 Å². The minimum absolute atomic E-state index is 0.187. The highest BCUT2D eigenvalue weighted by Crippen LogP contribution is 2.54. The van der Waals surface area contributed by atoms with E-state index >= 15 is 0 Å². The minimum atomic E-state index is -0.187. The van der Waals surface area contributed by atoms with Gasteiger partial charge in [0.15, 0.2) is 0 Å². The van der Waals surface area contributed by atoms with Gasteiger partial charge in [0.1, 0.15) is 11.2 Å². The highest BCUT2D eigenvalue weighted by Gasteiger charge is 2.38. The van der Waals surface area contributed by atoms with Gasteiger partial charge in [0.25, 0.3) is 0 Å². The number of fused-ring (bicyclic) bond motifs is 16. The Hall–Kier alpha value is -6.64. The van der Waals surface area contributed by atoms with E-state index in [0.717, 1.165) is 16.9 Å². The lowest BCUT2D eigenvalue weighted by Crippen LogP contribution is -2.15. The highest BCUT2D eigenvalue weighted by molar-refractivity contribution is 6.26. The molecule has 0 saturated carbocycles. The van der Waals surface area contributed by atoms with E-state index in [9.17, 15) is 0 Å². The van der Waals surface area contributed by atoms with Gasteiger partial charge in [-0.15, -0.1) is 0 Å². The Kier molecular flexibility index (Phi) is 5.60. The van der Waals surface area contributed by atoms with Crippen LogP contribution in [0.3, 0.4) is 0 Å². The maximum Gasteiger partial charge on any atom is 0.143 e. The summed E-state index contributed by atoms with van der Waals surface area (Å²) in [6, 6.07) is 60.4. The van der Waals surface area contributed by atoms with Crippen molar-refractivity contribution in [2.45, 2.75) is 19.3 Å². The molecular formula is C51H33NO. The fourth-order valence-corrected chi connectivity index (χ4v) is 9.65. The van der Waals surface area contributed by atoms with Gasteiger partial charge in [-0.2, -0.15) is 0 Å². The van der Waals surface area contributed by atoms with Crippen LogP contribution in [0.1, 0.15) is 25.0 Å². The first-order chi connectivity index (χ1) is 26.0. The fourth-order valence-electron chi connectivity index (χ4n) is 9.65. The monoisotopic (exact) mass is 675 g/mol. The molecule has 0 spiro atoms. The van der Waals surface area contributed by atoms with Gasteiger partial charge in [-0.05, 0) is 103 Å². The maximum atomic E-state index is 6.64. The zero-order valence-corrected chi connectivity index (χ0v) is 29.4. The van der Waals surface area contributed by atoms with E-state index in [4.69, 9.17) is 4.42 Å². The van der Waals surface area contributed by atoms with E-state index in [-0.39, 0.29) is 5.41 Å². The Balaban J connectivity index is 1.08. The molecule has 0 N–H and O–H groups in total. The van der Waals surface area contributed by atoms with Crippen LogP contribution >= 0.6 is 0 Å². The van der Waals surface area contributed by atoms with Gasteiger partial charge in [0.05, 0.1) is 11.0 Å². The van der Waals surface area contributed by atoms with E-state index in [1.54, 1.807) is 0 Å². The molecule has 0 atom stereocenters. The number of benzene rings is 9. The Morgan fingerprint density at radius 3 is 1.81 bits per heavy atom. The van der Waals surface area contributed by atoms with Gasteiger partial charge >= 0.3 is 0 Å². The van der Waals surface area contributed by atoms with Gasteiger partial charge in [-0.25, -0.2) is 0 Å². The van der Waals surface area contributed by atoms with Crippen LogP contribution in [0.25, 0.3) is 104 Å². The summed E-state index contributed by atoms with van der Waals surface area (Å²) < 4.78 is 9.11. The van der Waals surface area contributed by atoms with Crippen molar-refractivity contribution in [2.24, 2.45) is 0 Å². The van der Waals surface area contributed by atoms with Crippen LogP contribution in [0, 0.1) is 0 Å². The van der Waals surface area contributed by atoms with Gasteiger partial charge in [-0.1, -0.05) is 135 Å². The quantitative estimate of drug-likeness (QED) is 0.167. The third-order valence-corrected chi connectivity index (χ3v) is 12.2. The second-order valence-electron chi connectivity index (χ2n) is 15.3. The molecule has 1 aliphatic rings. The van der Waals surface area contributed by atoms with Crippen LogP contribution < -0.4 is 0 Å². The molecule has 9 aromatic carbocycles. The van der Waals surface area contributed by atoms with Crippen molar-refractivity contribution < 1.29 is 4.42 Å². The predicted octanol–water partition coefficient (Wildman–Crippen LogP) is 14.1. The van der Waals surface area contributed by atoms with Crippen LogP contribution in [-0.4, -0.2) is 4.57 Å². The van der Waals surface area contributed by atoms with Crippen molar-refractivity contribution in [1.82, 2.24) is 4.57 Å². The lowest BCUT2D eigenvalue weighted by Gasteiger charge is -2.21. The van der Waals surface area contributed by atoms with Gasteiger partial charge in [0.2, 0.25) is 0 Å². The summed E-state index contributed by atoms with van der Waals surface area (Å²) in [4.78, 5) is 0. The van der Waals surface area contributed by atoms with Crippen LogP contribution in [0.15, 0.2) is 168 Å². The molecule has 11 aromatic rings. The van der Waals surface area contributed by atoms with Crippen LogP contribution in [0.5, 0.6) is 0 Å². The predicted molar refractivity (Wildman–Crippen MR) is 224 cm³/mol. The molecule has 0 bridgehead atoms. The second kappa shape index (κ2) is 10.2. The summed E-state index contributed by atoms with van der Waals surface area (Å²) in [5, 5.41) is 12.6. The number of hydrogen-bond donors (Lipinski definition) is 0. The summed E-state index contributed by atoms with van der Waals surface area (Å²) in [5.41, 5.74) is 12.9. The molecule has 2 aromatic heterocycles. The molecule has 0 saturated heterocycles. The lowest BCUT2D eigenvalue weighted by molar-refractivity contribution is 0.653. The molecule has 53 heavy (non-hydrogen) atoms. The van der Waals surface area contributed by atoms with Crippen molar-refractivity contribution >= 4 is 76.1 Å². The average Bonchev–Trinajstić information content (AvgIpc) is 3.82. The zero-order chi connectivity index (χ0) is 35.0. The number of aromatic nitrogens is 1. The zero-order valence-electron chi connectivity index (χ0n) is 29.4. The first kappa shape index (κ1) is 29.0. The van der Waals surface area contributed by atoms with Gasteiger partial charge in [-0.3, -0.25) is 0 Å². The molecule has 2 heteroatoms. The molecule has 248 valence electrons. The van der Waals surface area contributed by atoms with Crippen molar-refractivity contribution in [2.75, 3.05) is 0 Å². The lowest BCUT2D eigenvalue weighted by atomic mass is 9.82. The average molecular weight is 676 g/mol. The molecule has 2 nitrogen and oxygen atoms in total. The third kappa shape index (κ3) is 3.82. The van der Waals surface area contributed by atoms with Crippen molar-refractivity contribution in [3.05, 3.63) is 175 Å². The Bertz CT molecular complexity index is 3340. The van der Waals surface area contributed by atoms with E-state index in [2.05, 4.69) is 182 Å². The largest absolute Gasteiger partial charge is 0.455 e. The van der Waals surface area contributed by atoms with E-state index in [0.29, 0.717) is 0 Å². The van der Waals surface area contributed by atoms with Crippen molar-refractivity contribution in [3.8, 4) is 27.9 Å². The molecule has 1 aliphatic carbocycles. The summed E-state index contributed by atoms with van der Waals surface area (Å²) in [6.07, 6.45) is 0. The number of rotatable bonds is 2. The Morgan fingerprint density at radius 1 is 0.415 bits per heavy atom. The summed E-state index contributed by atoms with van der Waals surface area (Å²) in [5.74, 6) is 0. The molecule has 12 rings (SSSR count). The molecule has 0 radical (unpaired) electrons. The number of furan rings is 1. The normalized spacial score (nSPS) is 13.6. The van der Waals surface area contributed by atoms with E-state index in [1.165, 1.54) is 98.3 Å². The summed E-state index contributed by atoms with van der Waals surface area (Å²) in [6.45, 7) is 4.72. The number of para-hydroxylation sites is 2. The van der Waals surface area contributed by atoms with E-state index in [1.807, 2.05) is 0 Å². The van der Waals surface area contributed by atoms with Crippen LogP contribution in [-0.2, 0) is 5.41 Å². The van der Waals surface area contributed by atoms with Gasteiger partial charge in [0, 0.05) is 38.2 Å². The second-order valence-corrected chi connectivity index (χ2v) is 15.3. The van der Waals surface area contributed by atoms with E-state index < -0.39 is 0 Å². The first-order valence-corrected chi connectivity index (χ1v) is 18.5. The standard InChI is InChI=1S/C51H33NO/c1-51(2)44-25-24-40-39-19-8-10-21-48(39)53-50(40)49(44)43-28-42-38-18-7-9-20-46(38)52(47(42)29-45(43)51)32-13-11-12-30(26-32)31-22-23-37-35-16-4-3-14-33(35)34-15-5-6-17-36(34)41(37)27-31/h3-29H,1-2H3. The Morgan fingerprint density at radius 2 is 1.04 bits per heavy atom. The molecule has 0 unspecified atom stereocenters. The topological polar surface area (TPSA) is 18.1 Å². The minimum Gasteiger partial charge on any atom is -0.455 e. The van der Waals surface area contributed by atoms with Crippen LogP contribution in [0.2, 0.25) is 0 Å². The number of hydrogen-bond acceptors (Lipinski definition) is 1. The molecule has 0 aliphatic heterocycles.